The van der Waals surface area contributed by atoms with Gasteiger partial charge in [0.05, 0.1) is 26.5 Å². The van der Waals surface area contributed by atoms with E-state index in [4.69, 9.17) is 15.2 Å². The zero-order valence-electron chi connectivity index (χ0n) is 10.5. The number of benzene rings is 1. The van der Waals surface area contributed by atoms with E-state index in [-0.39, 0.29) is 30.1 Å². The van der Waals surface area contributed by atoms with Crippen LogP contribution in [0, 0.1) is 0 Å². The fourth-order valence-electron chi connectivity index (χ4n) is 1.46. The Morgan fingerprint density at radius 3 is 2.50 bits per heavy atom. The molecule has 0 unspecified atom stereocenters. The van der Waals surface area contributed by atoms with Gasteiger partial charge in [0.1, 0.15) is 0 Å². The molecule has 0 saturated carbocycles. The monoisotopic (exact) mass is 256 g/mol. The van der Waals surface area contributed by atoms with Gasteiger partial charge in [0.2, 0.25) is 0 Å². The van der Waals surface area contributed by atoms with Crippen molar-refractivity contribution in [3.63, 3.8) is 0 Å². The third-order valence-corrected chi connectivity index (χ3v) is 2.40. The van der Waals surface area contributed by atoms with E-state index >= 15 is 0 Å². The molecule has 1 aromatic rings. The van der Waals surface area contributed by atoms with Crippen LogP contribution in [-0.2, 0) is 0 Å². The van der Waals surface area contributed by atoms with Crippen molar-refractivity contribution in [1.82, 2.24) is 5.32 Å². The maximum absolute atomic E-state index is 11.9. The average Bonchev–Trinajstić information content (AvgIpc) is 2.38. The topological polar surface area (TPSA) is 73.6 Å². The SMILES string of the molecule is COc1cc(N)c(C(=O)NCCCF)cc1OC. The lowest BCUT2D eigenvalue weighted by atomic mass is 10.1. The lowest BCUT2D eigenvalue weighted by Gasteiger charge is -2.12. The smallest absolute Gasteiger partial charge is 0.253 e. The molecule has 1 amide bonds. The van der Waals surface area contributed by atoms with Crippen LogP contribution in [0.15, 0.2) is 12.1 Å². The Hall–Kier alpha value is -1.98. The summed E-state index contributed by atoms with van der Waals surface area (Å²) in [4.78, 5) is 11.8. The summed E-state index contributed by atoms with van der Waals surface area (Å²) in [5, 5.41) is 2.57. The van der Waals surface area contributed by atoms with E-state index in [0.29, 0.717) is 11.5 Å². The van der Waals surface area contributed by atoms with Gasteiger partial charge in [-0.2, -0.15) is 0 Å². The highest BCUT2D eigenvalue weighted by Gasteiger charge is 2.14. The molecule has 0 bridgehead atoms. The lowest BCUT2D eigenvalue weighted by molar-refractivity contribution is 0.0953. The van der Waals surface area contributed by atoms with Gasteiger partial charge in [0.25, 0.3) is 5.91 Å². The molecule has 0 spiro atoms. The summed E-state index contributed by atoms with van der Waals surface area (Å²) in [6.45, 7) is -0.204. The van der Waals surface area contributed by atoms with Crippen molar-refractivity contribution in [2.45, 2.75) is 6.42 Å². The maximum Gasteiger partial charge on any atom is 0.253 e. The summed E-state index contributed by atoms with van der Waals surface area (Å²) in [6, 6.07) is 3.02. The molecule has 6 heteroatoms. The van der Waals surface area contributed by atoms with Gasteiger partial charge < -0.3 is 20.5 Å². The zero-order valence-corrected chi connectivity index (χ0v) is 10.5. The normalized spacial score (nSPS) is 9.94. The number of hydrogen-bond donors (Lipinski definition) is 2. The Kier molecular flexibility index (Phi) is 5.23. The fraction of sp³-hybridized carbons (Fsp3) is 0.417. The number of ether oxygens (including phenoxy) is 2. The van der Waals surface area contributed by atoms with Crippen molar-refractivity contribution in [1.29, 1.82) is 0 Å². The van der Waals surface area contributed by atoms with Crippen LogP contribution in [0.25, 0.3) is 0 Å². The third kappa shape index (κ3) is 3.26. The predicted octanol–water partition coefficient (Wildman–Crippen LogP) is 1.38. The number of nitrogens with two attached hydrogens (primary N) is 1. The Morgan fingerprint density at radius 2 is 1.94 bits per heavy atom. The van der Waals surface area contributed by atoms with Gasteiger partial charge in [0.15, 0.2) is 11.5 Å². The number of amides is 1. The van der Waals surface area contributed by atoms with Gasteiger partial charge >= 0.3 is 0 Å². The molecule has 0 atom stereocenters. The molecule has 0 aliphatic rings. The second-order valence-corrected chi connectivity index (χ2v) is 3.59. The molecular formula is C12H17FN2O3. The molecule has 100 valence electrons. The molecule has 0 saturated heterocycles. The Labute approximate surface area is 105 Å². The number of hydrogen-bond acceptors (Lipinski definition) is 4. The van der Waals surface area contributed by atoms with Crippen LogP contribution in [0.5, 0.6) is 11.5 Å². The summed E-state index contributed by atoms with van der Waals surface area (Å²) in [5.74, 6) is 0.513. The molecular weight excluding hydrogens is 239 g/mol. The Bertz CT molecular complexity index is 424. The van der Waals surface area contributed by atoms with Gasteiger partial charge in [-0.25, -0.2) is 0 Å². The highest BCUT2D eigenvalue weighted by molar-refractivity contribution is 6.00. The highest BCUT2D eigenvalue weighted by Crippen LogP contribution is 2.31. The number of carbonyl (C=O) groups is 1. The first-order valence-corrected chi connectivity index (χ1v) is 5.49. The molecule has 1 aromatic carbocycles. The van der Waals surface area contributed by atoms with Crippen LogP contribution >= 0.6 is 0 Å². The van der Waals surface area contributed by atoms with E-state index in [1.807, 2.05) is 0 Å². The fourth-order valence-corrected chi connectivity index (χ4v) is 1.46. The number of alkyl halides is 1. The number of nitrogen functional groups attached to an aromatic ring is 1. The number of methoxy groups -OCH3 is 2. The number of halogens is 1. The quantitative estimate of drug-likeness (QED) is 0.595. The molecule has 18 heavy (non-hydrogen) atoms. The number of carbonyl (C=O) groups excluding carboxylic acids is 1. The number of anilines is 1. The maximum atomic E-state index is 11.9. The van der Waals surface area contributed by atoms with E-state index in [1.54, 1.807) is 0 Å². The lowest BCUT2D eigenvalue weighted by Crippen LogP contribution is -2.25. The molecule has 3 N–H and O–H groups in total. The summed E-state index contributed by atoms with van der Waals surface area (Å²) in [5.41, 5.74) is 6.32. The first kappa shape index (κ1) is 14.1. The standard InChI is InChI=1S/C12H17FN2O3/c1-17-10-6-8(9(14)7-11(10)18-2)12(16)15-5-3-4-13/h6-7H,3-5,14H2,1-2H3,(H,15,16). The minimum Gasteiger partial charge on any atom is -0.493 e. The molecule has 0 fully saturated rings. The van der Waals surface area contributed by atoms with Gasteiger partial charge in [0, 0.05) is 18.3 Å². The molecule has 5 nitrogen and oxygen atoms in total. The second kappa shape index (κ2) is 6.68. The van der Waals surface area contributed by atoms with E-state index in [2.05, 4.69) is 5.32 Å². The van der Waals surface area contributed by atoms with Crippen LogP contribution in [-0.4, -0.2) is 33.3 Å². The van der Waals surface area contributed by atoms with Gasteiger partial charge in [-0.15, -0.1) is 0 Å². The molecule has 1 rings (SSSR count). The van der Waals surface area contributed by atoms with Crippen molar-refractivity contribution in [2.75, 3.05) is 33.2 Å². The largest absolute Gasteiger partial charge is 0.493 e. The van der Waals surface area contributed by atoms with Crippen molar-refractivity contribution >= 4 is 11.6 Å². The zero-order chi connectivity index (χ0) is 13.5. The van der Waals surface area contributed by atoms with Crippen LogP contribution in [0.2, 0.25) is 0 Å². The predicted molar refractivity (Wildman–Crippen MR) is 66.9 cm³/mol. The van der Waals surface area contributed by atoms with Crippen LogP contribution in [0.1, 0.15) is 16.8 Å². The second-order valence-electron chi connectivity index (χ2n) is 3.59. The van der Waals surface area contributed by atoms with Crippen LogP contribution < -0.4 is 20.5 Å². The van der Waals surface area contributed by atoms with E-state index in [9.17, 15) is 9.18 Å². The van der Waals surface area contributed by atoms with Gasteiger partial charge in [-0.05, 0) is 12.5 Å². The first-order valence-electron chi connectivity index (χ1n) is 5.49. The van der Waals surface area contributed by atoms with Crippen molar-refractivity contribution in [2.24, 2.45) is 0 Å². The number of rotatable bonds is 6. The summed E-state index contributed by atoms with van der Waals surface area (Å²) < 4.78 is 22.1. The summed E-state index contributed by atoms with van der Waals surface area (Å²) >= 11 is 0. The van der Waals surface area contributed by atoms with Crippen molar-refractivity contribution in [3.8, 4) is 11.5 Å². The summed E-state index contributed by atoms with van der Waals surface area (Å²) in [7, 11) is 2.96. The molecule has 0 aliphatic heterocycles. The van der Waals surface area contributed by atoms with E-state index in [0.717, 1.165) is 0 Å². The molecule has 0 radical (unpaired) electrons. The summed E-state index contributed by atoms with van der Waals surface area (Å²) in [6.07, 6.45) is 0.277. The average molecular weight is 256 g/mol. The van der Waals surface area contributed by atoms with Crippen molar-refractivity contribution < 1.29 is 18.7 Å². The highest BCUT2D eigenvalue weighted by atomic mass is 19.1. The van der Waals surface area contributed by atoms with Crippen LogP contribution in [0.3, 0.4) is 0 Å². The number of nitrogens with one attached hydrogen (secondary N) is 1. The first-order chi connectivity index (χ1) is 8.63. The Balaban J connectivity index is 2.91. The minimum absolute atomic E-state index is 0.267. The molecule has 0 aliphatic carbocycles. The third-order valence-electron chi connectivity index (χ3n) is 2.40. The molecule has 0 aromatic heterocycles. The van der Waals surface area contributed by atoms with Gasteiger partial charge in [-0.1, -0.05) is 0 Å². The van der Waals surface area contributed by atoms with Crippen molar-refractivity contribution in [3.05, 3.63) is 17.7 Å². The molecule has 0 heterocycles. The minimum atomic E-state index is -0.471. The Morgan fingerprint density at radius 1 is 1.33 bits per heavy atom. The van der Waals surface area contributed by atoms with Crippen LogP contribution in [0.4, 0.5) is 10.1 Å². The van der Waals surface area contributed by atoms with E-state index < -0.39 is 6.67 Å². The van der Waals surface area contributed by atoms with Gasteiger partial charge in [-0.3, -0.25) is 9.18 Å². The van der Waals surface area contributed by atoms with E-state index in [1.165, 1.54) is 26.4 Å².